The molecule has 5 nitrogen and oxygen atoms in total. The zero-order valence-electron chi connectivity index (χ0n) is 11.6. The van der Waals surface area contributed by atoms with Crippen LogP contribution in [0.1, 0.15) is 36.5 Å². The molecule has 1 saturated heterocycles. The van der Waals surface area contributed by atoms with Gasteiger partial charge in [0.25, 0.3) is 0 Å². The van der Waals surface area contributed by atoms with Gasteiger partial charge in [0.05, 0.1) is 6.20 Å². The molecule has 110 valence electrons. The van der Waals surface area contributed by atoms with E-state index >= 15 is 0 Å². The first-order chi connectivity index (χ1) is 9.56. The third-order valence-corrected chi connectivity index (χ3v) is 3.45. The van der Waals surface area contributed by atoms with Gasteiger partial charge < -0.3 is 15.3 Å². The summed E-state index contributed by atoms with van der Waals surface area (Å²) >= 11 is 0. The summed E-state index contributed by atoms with van der Waals surface area (Å²) < 4.78 is 13.1. The molecule has 0 amide bonds. The lowest BCUT2D eigenvalue weighted by molar-refractivity contribution is 0.0697. The quantitative estimate of drug-likeness (QED) is 0.866. The van der Waals surface area contributed by atoms with Gasteiger partial charge >= 0.3 is 5.97 Å². The normalized spacial score (nSPS) is 17.7. The van der Waals surface area contributed by atoms with Gasteiger partial charge in [0.2, 0.25) is 0 Å². The Morgan fingerprint density at radius 2 is 2.20 bits per heavy atom. The molecule has 6 heteroatoms. The second kappa shape index (κ2) is 6.65. The Balaban J connectivity index is 1.99. The van der Waals surface area contributed by atoms with E-state index in [-0.39, 0.29) is 17.4 Å². The highest BCUT2D eigenvalue weighted by Gasteiger charge is 2.17. The van der Waals surface area contributed by atoms with Crippen molar-refractivity contribution in [2.45, 2.75) is 32.2 Å². The molecule has 0 spiro atoms. The molecule has 20 heavy (non-hydrogen) atoms. The number of rotatable bonds is 5. The van der Waals surface area contributed by atoms with Crippen LogP contribution in [-0.2, 0) is 0 Å². The number of aromatic nitrogens is 1. The van der Waals surface area contributed by atoms with Crippen LogP contribution in [0.25, 0.3) is 0 Å². The van der Waals surface area contributed by atoms with Gasteiger partial charge in [0.15, 0.2) is 0 Å². The molecule has 1 aliphatic heterocycles. The van der Waals surface area contributed by atoms with Crippen molar-refractivity contribution in [2.75, 3.05) is 25.0 Å². The number of aromatic carboxylic acids is 1. The second-order valence-corrected chi connectivity index (χ2v) is 5.26. The van der Waals surface area contributed by atoms with Crippen molar-refractivity contribution >= 4 is 11.8 Å². The number of carbonyl (C=O) groups is 1. The topological polar surface area (TPSA) is 65.5 Å². The zero-order valence-corrected chi connectivity index (χ0v) is 11.6. The standard InChI is InChI=1S/C14H20FN3O2/c1-10(9-18-5-3-2-4-6-18)17-13-12(14(19)20)7-11(15)8-16-13/h7-8,10H,2-6,9H2,1H3,(H,16,17)(H,19,20). The van der Waals surface area contributed by atoms with Gasteiger partial charge in [-0.1, -0.05) is 6.42 Å². The number of pyridine rings is 1. The molecule has 1 atom stereocenters. The Labute approximate surface area is 117 Å². The van der Waals surface area contributed by atoms with Crippen LogP contribution in [0.15, 0.2) is 12.3 Å². The Bertz CT molecular complexity index is 475. The van der Waals surface area contributed by atoms with Crippen LogP contribution in [0.3, 0.4) is 0 Å². The summed E-state index contributed by atoms with van der Waals surface area (Å²) in [6.45, 7) is 4.96. The molecule has 0 radical (unpaired) electrons. The first kappa shape index (κ1) is 14.7. The maximum absolute atomic E-state index is 13.1. The number of likely N-dealkylation sites (tertiary alicyclic amines) is 1. The third kappa shape index (κ3) is 3.90. The van der Waals surface area contributed by atoms with E-state index in [1.165, 1.54) is 19.3 Å². The molecule has 0 bridgehead atoms. The van der Waals surface area contributed by atoms with Crippen LogP contribution in [-0.4, -0.2) is 46.6 Å². The van der Waals surface area contributed by atoms with Crippen LogP contribution in [0.4, 0.5) is 10.2 Å². The minimum atomic E-state index is -1.18. The fraction of sp³-hybridized carbons (Fsp3) is 0.571. The first-order valence-electron chi connectivity index (χ1n) is 6.94. The number of halogens is 1. The molecule has 2 N–H and O–H groups in total. The van der Waals surface area contributed by atoms with Crippen molar-refractivity contribution < 1.29 is 14.3 Å². The van der Waals surface area contributed by atoms with E-state index < -0.39 is 11.8 Å². The molecular weight excluding hydrogens is 261 g/mol. The second-order valence-electron chi connectivity index (χ2n) is 5.26. The largest absolute Gasteiger partial charge is 0.478 e. The summed E-state index contributed by atoms with van der Waals surface area (Å²) in [5.74, 6) is -1.59. The minimum Gasteiger partial charge on any atom is -0.478 e. The van der Waals surface area contributed by atoms with Crippen molar-refractivity contribution in [2.24, 2.45) is 0 Å². The first-order valence-corrected chi connectivity index (χ1v) is 6.94. The van der Waals surface area contributed by atoms with Gasteiger partial charge in [-0.15, -0.1) is 0 Å². The highest BCUT2D eigenvalue weighted by molar-refractivity contribution is 5.93. The van der Waals surface area contributed by atoms with Crippen molar-refractivity contribution in [3.05, 3.63) is 23.6 Å². The number of nitrogens with zero attached hydrogens (tertiary/aromatic N) is 2. The van der Waals surface area contributed by atoms with E-state index in [1.54, 1.807) is 0 Å². The van der Waals surface area contributed by atoms with Crippen molar-refractivity contribution in [1.82, 2.24) is 9.88 Å². The smallest absolute Gasteiger partial charge is 0.339 e. The average molecular weight is 281 g/mol. The summed E-state index contributed by atoms with van der Waals surface area (Å²) in [4.78, 5) is 17.3. The van der Waals surface area contributed by atoms with Gasteiger partial charge in [0.1, 0.15) is 17.2 Å². The molecule has 2 heterocycles. The summed E-state index contributed by atoms with van der Waals surface area (Å²) in [5, 5.41) is 12.1. The van der Waals surface area contributed by atoms with E-state index in [0.29, 0.717) is 0 Å². The number of piperidine rings is 1. The number of carboxylic acid groups (broad SMARTS) is 1. The molecule has 0 aromatic carbocycles. The van der Waals surface area contributed by atoms with Crippen molar-refractivity contribution in [3.63, 3.8) is 0 Å². The SMILES string of the molecule is CC(CN1CCCCC1)Nc1ncc(F)cc1C(=O)O. The summed E-state index contributed by atoms with van der Waals surface area (Å²) in [6.07, 6.45) is 4.73. The lowest BCUT2D eigenvalue weighted by Crippen LogP contribution is -2.38. The van der Waals surface area contributed by atoms with Gasteiger partial charge in [0, 0.05) is 12.6 Å². The van der Waals surface area contributed by atoms with E-state index in [1.807, 2.05) is 6.92 Å². The van der Waals surface area contributed by atoms with E-state index in [4.69, 9.17) is 5.11 Å². The number of hydrogen-bond acceptors (Lipinski definition) is 4. The monoisotopic (exact) mass is 281 g/mol. The van der Waals surface area contributed by atoms with E-state index in [0.717, 1.165) is 31.9 Å². The van der Waals surface area contributed by atoms with Crippen LogP contribution >= 0.6 is 0 Å². The summed E-state index contributed by atoms with van der Waals surface area (Å²) in [6, 6.07) is 1.05. The van der Waals surface area contributed by atoms with Gasteiger partial charge in [-0.25, -0.2) is 14.2 Å². The van der Waals surface area contributed by atoms with Crippen LogP contribution < -0.4 is 5.32 Å². The fourth-order valence-corrected chi connectivity index (χ4v) is 2.53. The average Bonchev–Trinajstić information content (AvgIpc) is 2.41. The molecular formula is C14H20FN3O2. The third-order valence-electron chi connectivity index (χ3n) is 3.45. The van der Waals surface area contributed by atoms with E-state index in [9.17, 15) is 9.18 Å². The van der Waals surface area contributed by atoms with Crippen LogP contribution in [0.5, 0.6) is 0 Å². The van der Waals surface area contributed by atoms with Crippen LogP contribution in [0.2, 0.25) is 0 Å². The lowest BCUT2D eigenvalue weighted by Gasteiger charge is -2.29. The van der Waals surface area contributed by atoms with Gasteiger partial charge in [-0.2, -0.15) is 0 Å². The number of hydrogen-bond donors (Lipinski definition) is 2. The Morgan fingerprint density at radius 1 is 1.50 bits per heavy atom. The van der Waals surface area contributed by atoms with E-state index in [2.05, 4.69) is 15.2 Å². The lowest BCUT2D eigenvalue weighted by atomic mass is 10.1. The Hall–Kier alpha value is -1.69. The highest BCUT2D eigenvalue weighted by atomic mass is 19.1. The van der Waals surface area contributed by atoms with Gasteiger partial charge in [-0.3, -0.25) is 0 Å². The van der Waals surface area contributed by atoms with Gasteiger partial charge in [-0.05, 0) is 38.9 Å². The summed E-state index contributed by atoms with van der Waals surface area (Å²) in [5.41, 5.74) is -0.129. The van der Waals surface area contributed by atoms with Crippen LogP contribution in [0, 0.1) is 5.82 Å². The minimum absolute atomic E-state index is 0.0594. The molecule has 0 saturated carbocycles. The molecule has 1 unspecified atom stereocenters. The predicted molar refractivity (Wildman–Crippen MR) is 74.5 cm³/mol. The highest BCUT2D eigenvalue weighted by Crippen LogP contribution is 2.16. The number of anilines is 1. The van der Waals surface area contributed by atoms with Crippen molar-refractivity contribution in [3.8, 4) is 0 Å². The molecule has 1 aromatic rings. The maximum Gasteiger partial charge on any atom is 0.339 e. The fourth-order valence-electron chi connectivity index (χ4n) is 2.53. The Kier molecular flexibility index (Phi) is 4.89. The maximum atomic E-state index is 13.1. The van der Waals surface area contributed by atoms with Crippen molar-refractivity contribution in [1.29, 1.82) is 0 Å². The summed E-state index contributed by atoms with van der Waals surface area (Å²) in [7, 11) is 0. The number of carboxylic acids is 1. The molecule has 1 aromatic heterocycles. The zero-order chi connectivity index (χ0) is 14.5. The molecule has 2 rings (SSSR count). The molecule has 1 fully saturated rings. The molecule has 0 aliphatic carbocycles. The molecule has 1 aliphatic rings. The Morgan fingerprint density at radius 3 is 2.85 bits per heavy atom. The number of nitrogens with one attached hydrogen (secondary N) is 1. The predicted octanol–water partition coefficient (Wildman–Crippen LogP) is 2.21.